The van der Waals surface area contributed by atoms with Crippen molar-refractivity contribution in [1.82, 2.24) is 24.4 Å². The van der Waals surface area contributed by atoms with Crippen LogP contribution in [0, 0.1) is 0 Å². The zero-order chi connectivity index (χ0) is 27.4. The number of hydrogen-bond acceptors (Lipinski definition) is 10. The number of ether oxygens (including phenoxy) is 1. The molecule has 38 heavy (non-hydrogen) atoms. The molecule has 198 valence electrons. The van der Waals surface area contributed by atoms with Crippen molar-refractivity contribution in [3.63, 3.8) is 0 Å². The quantitative estimate of drug-likeness (QED) is 0.295. The molecule has 3 heterocycles. The van der Waals surface area contributed by atoms with Gasteiger partial charge in [0.25, 0.3) is 5.56 Å². The van der Waals surface area contributed by atoms with Gasteiger partial charge in [-0.05, 0) is 32.3 Å². The van der Waals surface area contributed by atoms with Gasteiger partial charge in [-0.1, -0.05) is 6.58 Å². The molecule has 4 rings (SSSR count). The molecule has 0 saturated carbocycles. The minimum Gasteiger partial charge on any atom is -0.494 e. The smallest absolute Gasteiger partial charge is 0.261 e. The summed E-state index contributed by atoms with van der Waals surface area (Å²) >= 11 is 1.42. The lowest BCUT2D eigenvalue weighted by Gasteiger charge is -2.26. The fraction of sp³-hybridized carbons (Fsp3) is 0.269. The number of aromatic nitrogens is 4. The number of nitrogens with zero attached hydrogens (tertiary/aromatic N) is 6. The molecule has 0 atom stereocenters. The predicted octanol–water partition coefficient (Wildman–Crippen LogP) is 3.33. The number of carbonyl (C=O) groups excluding carboxylic acids is 1. The Hall–Kier alpha value is -4.29. The van der Waals surface area contributed by atoms with Gasteiger partial charge >= 0.3 is 0 Å². The topological polar surface area (TPSA) is 118 Å². The van der Waals surface area contributed by atoms with Crippen LogP contribution in [-0.2, 0) is 11.8 Å². The summed E-state index contributed by atoms with van der Waals surface area (Å²) in [4.78, 5) is 42.6. The van der Waals surface area contributed by atoms with Gasteiger partial charge < -0.3 is 25.2 Å². The molecular weight excluding hydrogens is 504 g/mol. The highest BCUT2D eigenvalue weighted by Crippen LogP contribution is 2.38. The Kier molecular flexibility index (Phi) is 8.03. The number of nitrogens with one attached hydrogen (secondary N) is 2. The van der Waals surface area contributed by atoms with Crippen LogP contribution in [0.2, 0.25) is 0 Å². The van der Waals surface area contributed by atoms with Crippen molar-refractivity contribution in [1.29, 1.82) is 0 Å². The van der Waals surface area contributed by atoms with Crippen molar-refractivity contribution in [2.75, 3.05) is 56.9 Å². The van der Waals surface area contributed by atoms with Gasteiger partial charge in [0.15, 0.2) is 0 Å². The van der Waals surface area contributed by atoms with E-state index in [0.29, 0.717) is 39.4 Å². The summed E-state index contributed by atoms with van der Waals surface area (Å²) < 4.78 is 7.14. The second kappa shape index (κ2) is 11.4. The summed E-state index contributed by atoms with van der Waals surface area (Å²) in [6.07, 6.45) is 2.87. The molecular formula is C26H30N8O3S. The van der Waals surface area contributed by atoms with E-state index in [1.807, 2.05) is 37.5 Å². The van der Waals surface area contributed by atoms with Crippen LogP contribution in [0.5, 0.6) is 5.75 Å². The van der Waals surface area contributed by atoms with Crippen molar-refractivity contribution in [3.05, 3.63) is 58.3 Å². The predicted molar refractivity (Wildman–Crippen MR) is 153 cm³/mol. The molecule has 0 fully saturated rings. The molecule has 12 heteroatoms. The Balaban J connectivity index is 1.73. The Labute approximate surface area is 224 Å². The summed E-state index contributed by atoms with van der Waals surface area (Å²) in [7, 11) is 9.18. The van der Waals surface area contributed by atoms with Crippen molar-refractivity contribution in [2.45, 2.75) is 0 Å². The number of anilines is 4. The van der Waals surface area contributed by atoms with E-state index in [1.165, 1.54) is 22.0 Å². The third-order valence-corrected chi connectivity index (χ3v) is 6.54. The third kappa shape index (κ3) is 5.66. The summed E-state index contributed by atoms with van der Waals surface area (Å²) in [5.41, 5.74) is 4.95. The van der Waals surface area contributed by atoms with E-state index in [4.69, 9.17) is 4.74 Å². The highest BCUT2D eigenvalue weighted by molar-refractivity contribution is 7.07. The minimum atomic E-state index is -0.337. The van der Waals surface area contributed by atoms with Gasteiger partial charge in [-0.25, -0.2) is 9.97 Å². The first kappa shape index (κ1) is 26.8. The lowest BCUT2D eigenvalue weighted by molar-refractivity contribution is -0.111. The average molecular weight is 535 g/mol. The monoisotopic (exact) mass is 534 g/mol. The first-order chi connectivity index (χ1) is 18.2. The van der Waals surface area contributed by atoms with Crippen molar-refractivity contribution in [2.24, 2.45) is 7.05 Å². The van der Waals surface area contributed by atoms with E-state index in [2.05, 4.69) is 37.1 Å². The number of hydrogen-bond donors (Lipinski definition) is 2. The lowest BCUT2D eigenvalue weighted by atomic mass is 10.2. The molecule has 2 N–H and O–H groups in total. The van der Waals surface area contributed by atoms with Gasteiger partial charge in [0.1, 0.15) is 11.4 Å². The van der Waals surface area contributed by atoms with Gasteiger partial charge in [-0.2, -0.15) is 4.98 Å². The first-order valence-corrected chi connectivity index (χ1v) is 12.7. The summed E-state index contributed by atoms with van der Waals surface area (Å²) in [5.74, 6) is 0.461. The molecule has 1 aromatic carbocycles. The van der Waals surface area contributed by atoms with Crippen LogP contribution < -0.4 is 25.8 Å². The molecule has 0 spiro atoms. The van der Waals surface area contributed by atoms with E-state index in [1.54, 1.807) is 38.0 Å². The Morgan fingerprint density at radius 3 is 2.63 bits per heavy atom. The minimum absolute atomic E-state index is 0.204. The Morgan fingerprint density at radius 1 is 1.18 bits per heavy atom. The molecule has 11 nitrogen and oxygen atoms in total. The zero-order valence-electron chi connectivity index (χ0n) is 22.0. The Bertz CT molecular complexity index is 1530. The number of carbonyl (C=O) groups is 1. The summed E-state index contributed by atoms with van der Waals surface area (Å²) in [6.45, 7) is 5.11. The molecule has 0 radical (unpaired) electrons. The SMILES string of the molecule is C=CC(=O)Nc1cc(Nc2ncc3cc(-c4cscn4)c(=O)n(C)c3n2)c(OC)cc1N(C)CCN(C)C. The second-order valence-electron chi connectivity index (χ2n) is 8.88. The normalized spacial score (nSPS) is 11.0. The highest BCUT2D eigenvalue weighted by Gasteiger charge is 2.17. The van der Waals surface area contributed by atoms with E-state index in [-0.39, 0.29) is 17.4 Å². The van der Waals surface area contributed by atoms with E-state index < -0.39 is 0 Å². The van der Waals surface area contributed by atoms with Crippen LogP contribution in [0.25, 0.3) is 22.3 Å². The van der Waals surface area contributed by atoms with Crippen molar-refractivity contribution in [3.8, 4) is 17.0 Å². The number of amides is 1. The molecule has 3 aromatic heterocycles. The van der Waals surface area contributed by atoms with Crippen LogP contribution in [0.15, 0.2) is 52.7 Å². The second-order valence-corrected chi connectivity index (χ2v) is 9.60. The van der Waals surface area contributed by atoms with Crippen LogP contribution in [0.1, 0.15) is 0 Å². The molecule has 4 aromatic rings. The fourth-order valence-electron chi connectivity index (χ4n) is 3.86. The van der Waals surface area contributed by atoms with Crippen LogP contribution >= 0.6 is 11.3 Å². The average Bonchev–Trinajstić information content (AvgIpc) is 3.44. The number of rotatable bonds is 10. The van der Waals surface area contributed by atoms with Crippen molar-refractivity contribution < 1.29 is 9.53 Å². The number of likely N-dealkylation sites (N-methyl/N-ethyl adjacent to an activating group) is 2. The summed E-state index contributed by atoms with van der Waals surface area (Å²) in [6, 6.07) is 5.35. The molecule has 0 bridgehead atoms. The molecule has 1 amide bonds. The number of thiazole rings is 1. The molecule has 0 aliphatic carbocycles. The first-order valence-electron chi connectivity index (χ1n) is 11.8. The number of pyridine rings is 1. The van der Waals surface area contributed by atoms with Crippen LogP contribution in [0.4, 0.5) is 23.0 Å². The molecule has 0 saturated heterocycles. The lowest BCUT2D eigenvalue weighted by Crippen LogP contribution is -2.29. The number of methoxy groups -OCH3 is 1. The van der Waals surface area contributed by atoms with E-state index in [0.717, 1.165) is 18.8 Å². The maximum Gasteiger partial charge on any atom is 0.261 e. The van der Waals surface area contributed by atoms with E-state index in [9.17, 15) is 9.59 Å². The molecule has 0 aliphatic rings. The maximum atomic E-state index is 13.0. The number of fused-ring (bicyclic) bond motifs is 1. The highest BCUT2D eigenvalue weighted by atomic mass is 32.1. The largest absolute Gasteiger partial charge is 0.494 e. The Morgan fingerprint density at radius 2 is 1.97 bits per heavy atom. The van der Waals surface area contributed by atoms with Crippen LogP contribution in [0.3, 0.4) is 0 Å². The summed E-state index contributed by atoms with van der Waals surface area (Å²) in [5, 5.41) is 8.58. The molecule has 0 aliphatic heterocycles. The van der Waals surface area contributed by atoms with Crippen molar-refractivity contribution >= 4 is 51.3 Å². The number of aryl methyl sites for hydroxylation is 1. The zero-order valence-corrected chi connectivity index (χ0v) is 22.8. The fourth-order valence-corrected chi connectivity index (χ4v) is 4.41. The van der Waals surface area contributed by atoms with Gasteiger partial charge in [-0.15, -0.1) is 11.3 Å². The van der Waals surface area contributed by atoms with Gasteiger partial charge in [0.05, 0.1) is 40.9 Å². The van der Waals surface area contributed by atoms with Gasteiger partial charge in [0, 0.05) is 50.2 Å². The third-order valence-electron chi connectivity index (χ3n) is 5.96. The van der Waals surface area contributed by atoms with Gasteiger partial charge in [-0.3, -0.25) is 14.2 Å². The maximum absolute atomic E-state index is 13.0. The van der Waals surface area contributed by atoms with E-state index >= 15 is 0 Å². The van der Waals surface area contributed by atoms with Gasteiger partial charge in [0.2, 0.25) is 11.9 Å². The number of benzene rings is 1. The standard InChI is InChI=1S/C26H30N8O3S/c1-7-23(35)29-18-11-19(22(37-6)12-21(18)33(4)9-8-32(2)3)30-26-27-13-16-10-17(20-14-38-15-28-20)25(36)34(5)24(16)31-26/h7,10-15H,1,8-9H2,2-6H3,(H,29,35)(H,27,30,31). The molecule has 0 unspecified atom stereocenters. The van der Waals surface area contributed by atoms with Crippen LogP contribution in [-0.4, -0.2) is 71.7 Å².